The number of carbonyl (C=O) groups excluding carboxylic acids is 1. The summed E-state index contributed by atoms with van der Waals surface area (Å²) in [6.07, 6.45) is 4.69. The number of hydrogen-bond acceptors (Lipinski definition) is 4. The standard InChI is InChI=1S/C17H22N4OS/c1-2-14(13-7-4-3-5-8-13)15-9-6-10-21(15)16(22)11-23-17-18-12-19-20-17/h3-5,7-8,12,14-15H,2,6,9-11H2,1H3,(H,18,19,20). The molecule has 23 heavy (non-hydrogen) atoms. The normalized spacial score (nSPS) is 19.0. The molecule has 1 aliphatic rings. The highest BCUT2D eigenvalue weighted by Crippen LogP contribution is 2.34. The maximum absolute atomic E-state index is 12.6. The topological polar surface area (TPSA) is 61.9 Å². The zero-order valence-corrected chi connectivity index (χ0v) is 14.1. The van der Waals surface area contributed by atoms with Crippen LogP contribution >= 0.6 is 11.8 Å². The highest BCUT2D eigenvalue weighted by molar-refractivity contribution is 7.99. The quantitative estimate of drug-likeness (QED) is 0.827. The largest absolute Gasteiger partial charge is 0.338 e. The Hall–Kier alpha value is -1.82. The fraction of sp³-hybridized carbons (Fsp3) is 0.471. The molecule has 1 N–H and O–H groups in total. The van der Waals surface area contributed by atoms with E-state index in [1.165, 1.54) is 23.7 Å². The van der Waals surface area contributed by atoms with Gasteiger partial charge in [-0.15, -0.1) is 0 Å². The van der Waals surface area contributed by atoms with E-state index in [2.05, 4.69) is 51.3 Å². The van der Waals surface area contributed by atoms with Gasteiger partial charge in [0.2, 0.25) is 5.91 Å². The van der Waals surface area contributed by atoms with Crippen molar-refractivity contribution in [2.75, 3.05) is 12.3 Å². The van der Waals surface area contributed by atoms with E-state index in [9.17, 15) is 4.79 Å². The smallest absolute Gasteiger partial charge is 0.233 e. The van der Waals surface area contributed by atoms with E-state index in [1.807, 2.05) is 6.07 Å². The summed E-state index contributed by atoms with van der Waals surface area (Å²) in [4.78, 5) is 18.8. The summed E-state index contributed by atoms with van der Waals surface area (Å²) in [6.45, 7) is 3.08. The minimum absolute atomic E-state index is 0.197. The minimum atomic E-state index is 0.197. The number of likely N-dealkylation sites (tertiary alicyclic amines) is 1. The summed E-state index contributed by atoms with van der Waals surface area (Å²) in [5.74, 6) is 1.03. The molecule has 2 unspecified atom stereocenters. The molecule has 2 aromatic rings. The van der Waals surface area contributed by atoms with Crippen molar-refractivity contribution in [3.63, 3.8) is 0 Å². The first kappa shape index (κ1) is 16.1. The lowest BCUT2D eigenvalue weighted by Crippen LogP contribution is -2.40. The molecule has 0 saturated carbocycles. The molecule has 0 spiro atoms. The second-order valence-electron chi connectivity index (χ2n) is 5.80. The van der Waals surface area contributed by atoms with Gasteiger partial charge in [0.25, 0.3) is 0 Å². The monoisotopic (exact) mass is 330 g/mol. The molecule has 1 saturated heterocycles. The molecular formula is C17H22N4OS. The number of benzene rings is 1. The van der Waals surface area contributed by atoms with Gasteiger partial charge in [-0.05, 0) is 24.8 Å². The van der Waals surface area contributed by atoms with Gasteiger partial charge in [0.05, 0.1) is 5.75 Å². The van der Waals surface area contributed by atoms with Crippen molar-refractivity contribution < 1.29 is 4.79 Å². The summed E-state index contributed by atoms with van der Waals surface area (Å²) in [5, 5.41) is 7.30. The van der Waals surface area contributed by atoms with Crippen molar-refractivity contribution in [3.05, 3.63) is 42.2 Å². The lowest BCUT2D eigenvalue weighted by Gasteiger charge is -2.31. The van der Waals surface area contributed by atoms with Crippen LogP contribution in [-0.2, 0) is 4.79 Å². The molecular weight excluding hydrogens is 308 g/mol. The first-order chi connectivity index (χ1) is 11.3. The third-order valence-electron chi connectivity index (χ3n) is 4.48. The van der Waals surface area contributed by atoms with E-state index in [0.29, 0.717) is 22.9 Å². The van der Waals surface area contributed by atoms with E-state index >= 15 is 0 Å². The van der Waals surface area contributed by atoms with Crippen LogP contribution in [0.1, 0.15) is 37.7 Å². The van der Waals surface area contributed by atoms with Crippen LogP contribution in [0.2, 0.25) is 0 Å². The zero-order valence-electron chi connectivity index (χ0n) is 13.3. The van der Waals surface area contributed by atoms with Crippen molar-refractivity contribution in [1.82, 2.24) is 20.1 Å². The average molecular weight is 330 g/mol. The maximum Gasteiger partial charge on any atom is 0.233 e. The van der Waals surface area contributed by atoms with Crippen LogP contribution in [0.5, 0.6) is 0 Å². The molecule has 0 radical (unpaired) electrons. The third kappa shape index (κ3) is 3.75. The molecule has 6 heteroatoms. The van der Waals surface area contributed by atoms with Crippen molar-refractivity contribution >= 4 is 17.7 Å². The Morgan fingerprint density at radius 1 is 1.43 bits per heavy atom. The number of nitrogens with one attached hydrogen (secondary N) is 1. The summed E-state index contributed by atoms with van der Waals surface area (Å²) >= 11 is 1.42. The van der Waals surface area contributed by atoms with Crippen LogP contribution < -0.4 is 0 Å². The van der Waals surface area contributed by atoms with Gasteiger partial charge in [-0.3, -0.25) is 9.89 Å². The minimum Gasteiger partial charge on any atom is -0.338 e. The molecule has 5 nitrogen and oxygen atoms in total. The Morgan fingerprint density at radius 3 is 2.96 bits per heavy atom. The molecule has 1 aromatic heterocycles. The number of carbonyl (C=O) groups is 1. The second-order valence-corrected chi connectivity index (χ2v) is 6.77. The number of rotatable bonds is 6. The second kappa shape index (κ2) is 7.64. The van der Waals surface area contributed by atoms with E-state index in [4.69, 9.17) is 0 Å². The number of H-pyrrole nitrogens is 1. The lowest BCUT2D eigenvalue weighted by atomic mass is 9.87. The number of hydrogen-bond donors (Lipinski definition) is 1. The molecule has 1 fully saturated rings. The van der Waals surface area contributed by atoms with E-state index in [1.54, 1.807) is 0 Å². The van der Waals surface area contributed by atoms with Crippen LogP contribution in [0.25, 0.3) is 0 Å². The predicted octanol–water partition coefficient (Wildman–Crippen LogP) is 3.08. The average Bonchev–Trinajstić information content (AvgIpc) is 3.26. The summed E-state index contributed by atoms with van der Waals surface area (Å²) in [7, 11) is 0. The van der Waals surface area contributed by atoms with Crippen molar-refractivity contribution in [3.8, 4) is 0 Å². The van der Waals surface area contributed by atoms with Crippen molar-refractivity contribution in [2.45, 2.75) is 43.3 Å². The number of aromatic nitrogens is 3. The van der Waals surface area contributed by atoms with Crippen LogP contribution in [0.15, 0.2) is 41.8 Å². The van der Waals surface area contributed by atoms with Crippen LogP contribution in [0.3, 0.4) is 0 Å². The van der Waals surface area contributed by atoms with E-state index < -0.39 is 0 Å². The fourth-order valence-electron chi connectivity index (χ4n) is 3.43. The number of amides is 1. The Morgan fingerprint density at radius 2 is 2.26 bits per heavy atom. The van der Waals surface area contributed by atoms with Gasteiger partial charge in [-0.2, -0.15) is 5.10 Å². The molecule has 1 aliphatic heterocycles. The van der Waals surface area contributed by atoms with Gasteiger partial charge in [-0.1, -0.05) is 49.0 Å². The lowest BCUT2D eigenvalue weighted by molar-refractivity contribution is -0.129. The fourth-order valence-corrected chi connectivity index (χ4v) is 4.09. The molecule has 3 rings (SSSR count). The first-order valence-electron chi connectivity index (χ1n) is 8.12. The molecule has 2 atom stereocenters. The molecule has 1 amide bonds. The van der Waals surface area contributed by atoms with Crippen molar-refractivity contribution in [2.24, 2.45) is 0 Å². The summed E-state index contributed by atoms with van der Waals surface area (Å²) < 4.78 is 0. The van der Waals surface area contributed by atoms with Crippen molar-refractivity contribution in [1.29, 1.82) is 0 Å². The van der Waals surface area contributed by atoms with Gasteiger partial charge in [0.1, 0.15) is 6.33 Å². The molecule has 1 aromatic carbocycles. The third-order valence-corrected chi connectivity index (χ3v) is 5.34. The number of thioether (sulfide) groups is 1. The zero-order chi connectivity index (χ0) is 16.1. The van der Waals surface area contributed by atoms with Gasteiger partial charge in [-0.25, -0.2) is 4.98 Å². The number of aromatic amines is 1. The first-order valence-corrected chi connectivity index (χ1v) is 9.10. The highest BCUT2D eigenvalue weighted by Gasteiger charge is 2.34. The van der Waals surface area contributed by atoms with E-state index in [-0.39, 0.29) is 5.91 Å². The maximum atomic E-state index is 12.6. The number of nitrogens with zero attached hydrogens (tertiary/aromatic N) is 3. The van der Waals surface area contributed by atoms with Crippen LogP contribution in [0.4, 0.5) is 0 Å². The summed E-state index contributed by atoms with van der Waals surface area (Å²) in [5.41, 5.74) is 1.34. The molecule has 2 heterocycles. The Labute approximate surface area is 140 Å². The molecule has 0 bridgehead atoms. The van der Waals surface area contributed by atoms with Gasteiger partial charge >= 0.3 is 0 Å². The SMILES string of the molecule is CCC(c1ccccc1)C1CCCN1C(=O)CSc1ncn[nH]1. The molecule has 0 aliphatic carbocycles. The van der Waals surface area contributed by atoms with Crippen LogP contribution in [0, 0.1) is 0 Å². The van der Waals surface area contributed by atoms with Gasteiger partial charge in [0, 0.05) is 18.5 Å². The highest BCUT2D eigenvalue weighted by atomic mass is 32.2. The van der Waals surface area contributed by atoms with Gasteiger partial charge < -0.3 is 4.90 Å². The Bertz CT molecular complexity index is 617. The van der Waals surface area contributed by atoms with Gasteiger partial charge in [0.15, 0.2) is 5.16 Å². The molecule has 122 valence electrons. The Kier molecular flexibility index (Phi) is 5.33. The van der Waals surface area contributed by atoms with E-state index in [0.717, 1.165) is 25.8 Å². The summed E-state index contributed by atoms with van der Waals surface area (Å²) in [6, 6.07) is 10.9. The Balaban J connectivity index is 1.67. The predicted molar refractivity (Wildman–Crippen MR) is 91.3 cm³/mol. The van der Waals surface area contributed by atoms with Crippen LogP contribution in [-0.4, -0.2) is 44.3 Å².